The average Bonchev–Trinajstić information content (AvgIpc) is 1.94. The Morgan fingerprint density at radius 1 is 1.64 bits per heavy atom. The summed E-state index contributed by atoms with van der Waals surface area (Å²) in [5.74, 6) is -1.84. The first-order chi connectivity index (χ1) is 5.11. The highest BCUT2D eigenvalue weighted by molar-refractivity contribution is 6.29. The van der Waals surface area contributed by atoms with Crippen LogP contribution in [-0.4, -0.2) is 9.91 Å². The molecule has 11 heavy (non-hydrogen) atoms. The summed E-state index contributed by atoms with van der Waals surface area (Å²) in [6.45, 7) is 0. The molecule has 0 aliphatic rings. The molecule has 0 fully saturated rings. The molecule has 1 aromatic rings. The van der Waals surface area contributed by atoms with E-state index in [1.165, 1.54) is 0 Å². The van der Waals surface area contributed by atoms with Crippen LogP contribution in [0.4, 0.5) is 10.2 Å². The lowest BCUT2D eigenvalue weighted by molar-refractivity contribution is -0.392. The minimum atomic E-state index is -0.987. The number of hydrogen-bond donors (Lipinski definition) is 0. The summed E-state index contributed by atoms with van der Waals surface area (Å²) in [5.41, 5.74) is 0. The van der Waals surface area contributed by atoms with Gasteiger partial charge in [-0.15, -0.1) is 0 Å². The zero-order valence-electron chi connectivity index (χ0n) is 5.12. The molecule has 0 spiro atoms. The van der Waals surface area contributed by atoms with Crippen molar-refractivity contribution in [2.75, 3.05) is 0 Å². The topological polar surface area (TPSA) is 56.0 Å². The highest BCUT2D eigenvalue weighted by Gasteiger charge is 2.15. The van der Waals surface area contributed by atoms with E-state index in [0.717, 1.165) is 12.1 Å². The lowest BCUT2D eigenvalue weighted by Gasteiger charge is -1.91. The first-order valence-electron chi connectivity index (χ1n) is 2.57. The maximum Gasteiger partial charge on any atom is 0.401 e. The smallest absolute Gasteiger partial charge is 0.358 e. The number of pyridine rings is 1. The minimum absolute atomic E-state index is 0.0990. The molecule has 0 atom stereocenters. The van der Waals surface area contributed by atoms with Crippen molar-refractivity contribution in [2.24, 2.45) is 0 Å². The quantitative estimate of drug-likeness (QED) is 0.372. The zero-order chi connectivity index (χ0) is 8.43. The monoisotopic (exact) mass is 176 g/mol. The normalized spacial score (nSPS) is 9.64. The lowest BCUT2D eigenvalue weighted by atomic mass is 10.4. The fourth-order valence-corrected chi connectivity index (χ4v) is 0.679. The van der Waals surface area contributed by atoms with Crippen LogP contribution in [0.1, 0.15) is 0 Å². The molecule has 0 N–H and O–H groups in total. The Bertz CT molecular complexity index is 305. The zero-order valence-corrected chi connectivity index (χ0v) is 5.88. The van der Waals surface area contributed by atoms with Gasteiger partial charge in [-0.1, -0.05) is 0 Å². The van der Waals surface area contributed by atoms with Crippen molar-refractivity contribution in [1.29, 1.82) is 0 Å². The van der Waals surface area contributed by atoms with Crippen LogP contribution in [0.2, 0.25) is 5.15 Å². The Kier molecular flexibility index (Phi) is 2.00. The Balaban J connectivity index is 3.23. The largest absolute Gasteiger partial charge is 0.401 e. The van der Waals surface area contributed by atoms with Crippen molar-refractivity contribution in [3.05, 3.63) is 33.2 Å². The maximum atomic E-state index is 12.5. The molecule has 4 nitrogen and oxygen atoms in total. The number of rotatable bonds is 1. The van der Waals surface area contributed by atoms with Crippen LogP contribution >= 0.6 is 11.6 Å². The number of nitro groups is 1. The van der Waals surface area contributed by atoms with Crippen LogP contribution < -0.4 is 0 Å². The Labute approximate surface area is 65.8 Å². The standard InChI is InChI=1S/C5H2ClFN2O2/c6-4-2-1-3(7)5(8-4)9(10)11/h1-2H. The van der Waals surface area contributed by atoms with Gasteiger partial charge in [0, 0.05) is 6.07 Å². The summed E-state index contributed by atoms with van der Waals surface area (Å²) in [6.07, 6.45) is 0. The van der Waals surface area contributed by atoms with E-state index in [9.17, 15) is 14.5 Å². The highest BCUT2D eigenvalue weighted by Crippen LogP contribution is 2.15. The van der Waals surface area contributed by atoms with Crippen molar-refractivity contribution >= 4 is 17.4 Å². The Morgan fingerprint density at radius 2 is 2.27 bits per heavy atom. The summed E-state index contributed by atoms with van der Waals surface area (Å²) in [4.78, 5) is 12.3. The van der Waals surface area contributed by atoms with Crippen LogP contribution in [-0.2, 0) is 0 Å². The van der Waals surface area contributed by atoms with Gasteiger partial charge in [-0.3, -0.25) is 0 Å². The average molecular weight is 177 g/mol. The maximum absolute atomic E-state index is 12.5. The number of aromatic nitrogens is 1. The summed E-state index contributed by atoms with van der Waals surface area (Å²) in [6, 6.07) is 2.04. The SMILES string of the molecule is O=[N+]([O-])c1nc(Cl)ccc1F. The van der Waals surface area contributed by atoms with E-state index in [1.807, 2.05) is 0 Å². The fraction of sp³-hybridized carbons (Fsp3) is 0. The molecule has 0 aromatic carbocycles. The second kappa shape index (κ2) is 2.79. The summed E-state index contributed by atoms with van der Waals surface area (Å²) in [7, 11) is 0. The molecule has 6 heteroatoms. The Morgan fingerprint density at radius 3 is 2.73 bits per heavy atom. The molecule has 0 aliphatic heterocycles. The van der Waals surface area contributed by atoms with E-state index in [4.69, 9.17) is 11.6 Å². The third kappa shape index (κ3) is 1.62. The van der Waals surface area contributed by atoms with Gasteiger partial charge in [-0.25, -0.2) is 0 Å². The third-order valence-corrected chi connectivity index (χ3v) is 1.18. The van der Waals surface area contributed by atoms with E-state index in [0.29, 0.717) is 0 Å². The second-order valence-corrected chi connectivity index (χ2v) is 2.08. The van der Waals surface area contributed by atoms with Crippen LogP contribution in [0.5, 0.6) is 0 Å². The molecule has 0 amide bonds. The molecule has 0 radical (unpaired) electrons. The molecule has 0 unspecified atom stereocenters. The van der Waals surface area contributed by atoms with Gasteiger partial charge in [0.2, 0.25) is 11.0 Å². The van der Waals surface area contributed by atoms with Gasteiger partial charge < -0.3 is 10.1 Å². The van der Waals surface area contributed by atoms with E-state index < -0.39 is 16.6 Å². The van der Waals surface area contributed by atoms with Gasteiger partial charge in [0.1, 0.15) is 0 Å². The predicted octanol–water partition coefficient (Wildman–Crippen LogP) is 1.78. The second-order valence-electron chi connectivity index (χ2n) is 1.70. The molecule has 0 aliphatic carbocycles. The highest BCUT2D eigenvalue weighted by atomic mass is 35.5. The molecular formula is C5H2ClFN2O2. The van der Waals surface area contributed by atoms with Gasteiger partial charge >= 0.3 is 5.82 Å². The molecule has 58 valence electrons. The van der Waals surface area contributed by atoms with Crippen molar-refractivity contribution in [3.8, 4) is 0 Å². The van der Waals surface area contributed by atoms with Gasteiger partial charge in [0.15, 0.2) is 0 Å². The van der Waals surface area contributed by atoms with Gasteiger partial charge in [-0.05, 0) is 27.6 Å². The van der Waals surface area contributed by atoms with Gasteiger partial charge in [-0.2, -0.15) is 4.39 Å². The molecule has 0 saturated carbocycles. The minimum Gasteiger partial charge on any atom is -0.358 e. The summed E-state index contributed by atoms with van der Waals surface area (Å²) in [5, 5.41) is 9.92. The van der Waals surface area contributed by atoms with Crippen molar-refractivity contribution in [2.45, 2.75) is 0 Å². The molecule has 0 saturated heterocycles. The van der Waals surface area contributed by atoms with Crippen LogP contribution in [0.25, 0.3) is 0 Å². The van der Waals surface area contributed by atoms with Crippen LogP contribution in [0.3, 0.4) is 0 Å². The molecule has 1 rings (SSSR count). The van der Waals surface area contributed by atoms with E-state index >= 15 is 0 Å². The number of nitrogens with zero attached hydrogens (tertiary/aromatic N) is 2. The molecule has 0 bridgehead atoms. The first-order valence-corrected chi connectivity index (χ1v) is 2.95. The number of hydrogen-bond acceptors (Lipinski definition) is 3. The van der Waals surface area contributed by atoms with Crippen molar-refractivity contribution in [3.63, 3.8) is 0 Å². The Hall–Kier alpha value is -1.23. The molecular weight excluding hydrogens is 175 g/mol. The third-order valence-electron chi connectivity index (χ3n) is 0.966. The van der Waals surface area contributed by atoms with E-state index in [1.54, 1.807) is 0 Å². The fourth-order valence-electron chi connectivity index (χ4n) is 0.536. The van der Waals surface area contributed by atoms with Crippen LogP contribution in [0, 0.1) is 15.9 Å². The van der Waals surface area contributed by atoms with Crippen molar-refractivity contribution < 1.29 is 9.31 Å². The number of halogens is 2. The van der Waals surface area contributed by atoms with Gasteiger partial charge in [0.05, 0.1) is 0 Å². The lowest BCUT2D eigenvalue weighted by Crippen LogP contribution is -1.95. The van der Waals surface area contributed by atoms with Crippen molar-refractivity contribution in [1.82, 2.24) is 4.98 Å². The molecule has 1 aromatic heterocycles. The predicted molar refractivity (Wildman–Crippen MR) is 35.9 cm³/mol. The molecule has 1 heterocycles. The van der Waals surface area contributed by atoms with Crippen LogP contribution in [0.15, 0.2) is 12.1 Å². The van der Waals surface area contributed by atoms with E-state index in [2.05, 4.69) is 4.98 Å². The van der Waals surface area contributed by atoms with E-state index in [-0.39, 0.29) is 5.15 Å². The van der Waals surface area contributed by atoms with Gasteiger partial charge in [0.25, 0.3) is 0 Å². The summed E-state index contributed by atoms with van der Waals surface area (Å²) >= 11 is 5.28. The first kappa shape index (κ1) is 7.87. The summed E-state index contributed by atoms with van der Waals surface area (Å²) < 4.78 is 12.5.